The minimum absolute atomic E-state index is 0.0365. The number of pyridine rings is 1. The molecule has 1 atom stereocenters. The molecule has 2 aromatic heterocycles. The summed E-state index contributed by atoms with van der Waals surface area (Å²) in [4.78, 5) is 76.3. The van der Waals surface area contributed by atoms with E-state index in [0.29, 0.717) is 87.1 Å². The van der Waals surface area contributed by atoms with Crippen LogP contribution in [-0.2, 0) is 33.7 Å². The monoisotopic (exact) mass is 875 g/mol. The number of hydrogen-bond acceptors (Lipinski definition) is 13. The summed E-state index contributed by atoms with van der Waals surface area (Å²) < 4.78 is 27.1. The summed E-state index contributed by atoms with van der Waals surface area (Å²) in [7, 11) is 0. The molecule has 0 radical (unpaired) electrons. The Bertz CT molecular complexity index is 2480. The van der Waals surface area contributed by atoms with Crippen molar-refractivity contribution in [3.05, 3.63) is 83.1 Å². The molecule has 2 aromatic carbocycles. The van der Waals surface area contributed by atoms with Crippen LogP contribution in [0.4, 0.5) is 48.4 Å². The molecule has 64 heavy (non-hydrogen) atoms. The minimum Gasteiger partial charge on any atom is -0.474 e. The number of halogens is 1. The number of carbonyl (C=O) groups excluding carboxylic acids is 4. The van der Waals surface area contributed by atoms with Crippen LogP contribution in [-0.4, -0.2) is 125 Å². The number of ether oxygens (including phenoxy) is 2. The van der Waals surface area contributed by atoms with Gasteiger partial charge in [-0.25, -0.2) is 28.9 Å². The van der Waals surface area contributed by atoms with Gasteiger partial charge < -0.3 is 29.5 Å². The third-order valence-electron chi connectivity index (χ3n) is 12.6. The van der Waals surface area contributed by atoms with Crippen LogP contribution in [0.3, 0.4) is 0 Å². The van der Waals surface area contributed by atoms with Gasteiger partial charge in [0.15, 0.2) is 0 Å². The quantitative estimate of drug-likeness (QED) is 0.238. The fourth-order valence-corrected chi connectivity index (χ4v) is 9.16. The summed E-state index contributed by atoms with van der Waals surface area (Å²) in [6.45, 7) is 15.4. The first-order valence-corrected chi connectivity index (χ1v) is 22.0. The van der Waals surface area contributed by atoms with Crippen LogP contribution in [0.1, 0.15) is 56.5 Å². The van der Waals surface area contributed by atoms with Gasteiger partial charge in [-0.2, -0.15) is 0 Å². The van der Waals surface area contributed by atoms with Crippen LogP contribution in [0.2, 0.25) is 0 Å². The molecule has 0 unspecified atom stereocenters. The number of amides is 5. The molecule has 7 heterocycles. The second-order valence-electron chi connectivity index (χ2n) is 18.1. The Morgan fingerprint density at radius 3 is 2.45 bits per heavy atom. The molecule has 0 spiro atoms. The number of nitrogens with zero attached hydrogens (tertiary/aromatic N) is 9. The molecule has 17 nitrogen and oxygen atoms in total. The third kappa shape index (κ3) is 8.83. The van der Waals surface area contributed by atoms with E-state index < -0.39 is 23.5 Å². The molecule has 18 heteroatoms. The molecule has 3 saturated heterocycles. The van der Waals surface area contributed by atoms with Gasteiger partial charge in [-0.3, -0.25) is 29.6 Å². The van der Waals surface area contributed by atoms with Crippen molar-refractivity contribution in [2.24, 2.45) is 0 Å². The lowest BCUT2D eigenvalue weighted by atomic mass is 10.0. The summed E-state index contributed by atoms with van der Waals surface area (Å²) in [6, 6.07) is 12.7. The first-order chi connectivity index (χ1) is 30.7. The Morgan fingerprint density at radius 1 is 0.938 bits per heavy atom. The number of fused-ring (bicyclic) bond motifs is 2. The molecule has 0 saturated carbocycles. The fraction of sp³-hybridized carbons (Fsp3) is 0.457. The Kier molecular flexibility index (Phi) is 11.5. The van der Waals surface area contributed by atoms with E-state index in [1.54, 1.807) is 34.3 Å². The standard InChI is InChI=1S/C46H54FN11O6/c1-28-24-54(16-17-56(28)35-25-55(26-35)33-8-10-34(11-9-33)57-15-13-39(59)52-44(57)61)40(60)20-30-6-7-32(21-36(30)47)50-43-49-22-31-12-14-53(27-37(31)51-43)38-23-48-42-41(29(38)2)58(18-19-63-42)45(62)64-46(3,4)5/h6-11,21-23,28,35H,12-20,24-27H2,1-5H3,(H,49,50,51)(H,52,59,61)/t28-/m0/s1. The highest BCUT2D eigenvalue weighted by atomic mass is 19.1. The van der Waals surface area contributed by atoms with E-state index in [1.807, 2.05) is 56.9 Å². The molecule has 4 aromatic rings. The van der Waals surface area contributed by atoms with E-state index in [0.717, 1.165) is 53.5 Å². The molecule has 5 amide bonds. The van der Waals surface area contributed by atoms with E-state index in [9.17, 15) is 19.2 Å². The lowest BCUT2D eigenvalue weighted by Crippen LogP contribution is -2.66. The molecule has 9 rings (SSSR count). The van der Waals surface area contributed by atoms with Gasteiger partial charge in [-0.15, -0.1) is 0 Å². The van der Waals surface area contributed by atoms with Crippen molar-refractivity contribution in [2.75, 3.05) is 83.9 Å². The number of piperazine rings is 1. The van der Waals surface area contributed by atoms with Crippen molar-refractivity contribution < 1.29 is 33.0 Å². The number of rotatable bonds is 8. The van der Waals surface area contributed by atoms with Crippen LogP contribution < -0.4 is 35.0 Å². The molecule has 0 aliphatic carbocycles. The van der Waals surface area contributed by atoms with Gasteiger partial charge in [0.1, 0.15) is 23.7 Å². The van der Waals surface area contributed by atoms with Crippen LogP contribution in [0.15, 0.2) is 54.9 Å². The van der Waals surface area contributed by atoms with Crippen molar-refractivity contribution in [1.29, 1.82) is 0 Å². The van der Waals surface area contributed by atoms with Gasteiger partial charge in [0.25, 0.3) is 0 Å². The Balaban J connectivity index is 0.772. The highest BCUT2D eigenvalue weighted by Crippen LogP contribution is 2.40. The number of carbonyl (C=O) groups is 4. The predicted molar refractivity (Wildman–Crippen MR) is 239 cm³/mol. The van der Waals surface area contributed by atoms with Crippen molar-refractivity contribution >= 4 is 58.3 Å². The zero-order chi connectivity index (χ0) is 44.9. The predicted octanol–water partition coefficient (Wildman–Crippen LogP) is 5.17. The number of aromatic nitrogens is 3. The van der Waals surface area contributed by atoms with Gasteiger partial charge in [0, 0.05) is 93.1 Å². The first-order valence-electron chi connectivity index (χ1n) is 22.0. The molecule has 2 N–H and O–H groups in total. The summed E-state index contributed by atoms with van der Waals surface area (Å²) in [5.41, 5.74) is 6.13. The van der Waals surface area contributed by atoms with Gasteiger partial charge in [0.05, 0.1) is 37.1 Å². The van der Waals surface area contributed by atoms with E-state index in [4.69, 9.17) is 14.5 Å². The van der Waals surface area contributed by atoms with Gasteiger partial charge in [-0.05, 0) is 88.6 Å². The topological polar surface area (TPSA) is 169 Å². The van der Waals surface area contributed by atoms with Gasteiger partial charge in [0.2, 0.25) is 23.6 Å². The summed E-state index contributed by atoms with van der Waals surface area (Å²) >= 11 is 0. The maximum atomic E-state index is 15.6. The highest BCUT2D eigenvalue weighted by Gasteiger charge is 2.38. The third-order valence-corrected chi connectivity index (χ3v) is 12.6. The molecule has 3 fully saturated rings. The molecular weight excluding hydrogens is 822 g/mol. The zero-order valence-electron chi connectivity index (χ0n) is 36.9. The normalized spacial score (nSPS) is 19.3. The molecular formula is C46H54FN11O6. The molecule has 336 valence electrons. The average molecular weight is 876 g/mol. The number of hydrogen-bond donors (Lipinski definition) is 2. The Labute approximate surface area is 371 Å². The second kappa shape index (κ2) is 17.2. The molecule has 5 aliphatic heterocycles. The molecule has 0 bridgehead atoms. The lowest BCUT2D eigenvalue weighted by Gasteiger charge is -2.51. The van der Waals surface area contributed by atoms with E-state index in [1.165, 1.54) is 6.07 Å². The van der Waals surface area contributed by atoms with E-state index >= 15 is 4.39 Å². The van der Waals surface area contributed by atoms with Crippen LogP contribution in [0.5, 0.6) is 5.88 Å². The summed E-state index contributed by atoms with van der Waals surface area (Å²) in [5.74, 6) is -0.116. The summed E-state index contributed by atoms with van der Waals surface area (Å²) in [5, 5.41) is 5.51. The summed E-state index contributed by atoms with van der Waals surface area (Å²) in [6.07, 6.45) is 4.07. The second-order valence-corrected chi connectivity index (χ2v) is 18.1. The van der Waals surface area contributed by atoms with E-state index in [2.05, 4.69) is 42.2 Å². The van der Waals surface area contributed by atoms with Crippen molar-refractivity contribution in [1.82, 2.24) is 30.1 Å². The molecule has 5 aliphatic rings. The lowest BCUT2D eigenvalue weighted by molar-refractivity contribution is -0.134. The maximum Gasteiger partial charge on any atom is 0.415 e. The highest BCUT2D eigenvalue weighted by molar-refractivity contribution is 6.05. The average Bonchev–Trinajstić information content (AvgIpc) is 3.24. The number of urea groups is 1. The van der Waals surface area contributed by atoms with Crippen LogP contribution >= 0.6 is 0 Å². The maximum absolute atomic E-state index is 15.6. The van der Waals surface area contributed by atoms with Gasteiger partial charge in [-0.1, -0.05) is 6.07 Å². The number of imide groups is 1. The SMILES string of the molecule is Cc1c(N2CCc3cnc(Nc4ccc(CC(=O)N5CCN(C6CN(c7ccc(N8CCC(=O)NC8=O)cc7)C6)[C@@H](C)C5)c(F)c4)nc3C2)cnc2c1N(C(=O)OC(C)(C)C)CCO2. The van der Waals surface area contributed by atoms with Crippen molar-refractivity contribution in [2.45, 2.75) is 78.1 Å². The number of anilines is 6. The fourth-order valence-electron chi connectivity index (χ4n) is 9.16. The van der Waals surface area contributed by atoms with Crippen LogP contribution in [0.25, 0.3) is 0 Å². The zero-order valence-corrected chi connectivity index (χ0v) is 36.9. The van der Waals surface area contributed by atoms with Crippen LogP contribution in [0, 0.1) is 12.7 Å². The smallest absolute Gasteiger partial charge is 0.415 e. The number of nitrogens with one attached hydrogen (secondary N) is 2. The van der Waals surface area contributed by atoms with E-state index in [-0.39, 0.29) is 30.7 Å². The first kappa shape index (κ1) is 42.7. The minimum atomic E-state index is -0.651. The Morgan fingerprint density at radius 2 is 1.72 bits per heavy atom. The Hall–Kier alpha value is -6.56. The van der Waals surface area contributed by atoms with Crippen molar-refractivity contribution in [3.63, 3.8) is 0 Å². The van der Waals surface area contributed by atoms with Gasteiger partial charge >= 0.3 is 12.1 Å². The van der Waals surface area contributed by atoms with Crippen molar-refractivity contribution in [3.8, 4) is 5.88 Å². The largest absolute Gasteiger partial charge is 0.474 e. The number of benzene rings is 2.